The molecule has 148 valence electrons. The van der Waals surface area contributed by atoms with Crippen LogP contribution in [0.1, 0.15) is 11.1 Å². The van der Waals surface area contributed by atoms with Gasteiger partial charge in [-0.25, -0.2) is 18.4 Å². The first-order valence-corrected chi connectivity index (χ1v) is 11.8. The number of anilines is 2. The van der Waals surface area contributed by atoms with Crippen LogP contribution in [-0.2, 0) is 16.6 Å². The third-order valence-electron chi connectivity index (χ3n) is 4.42. The Bertz CT molecular complexity index is 1270. The van der Waals surface area contributed by atoms with Gasteiger partial charge in [0.2, 0.25) is 10.0 Å². The smallest absolute Gasteiger partial charge is 0.229 e. The standard InChI is InChI=1S/C21H20N4O2S2/c1-14-6-8-16(9-7-14)18-12-28-21-19(18)20(23-13-24-21)22-11-15-4-3-5-17(10-15)25-29(2,26)27/h3-10,12-13,25H,11H2,1-2H3,(H,22,23,24). The maximum atomic E-state index is 11.5. The summed E-state index contributed by atoms with van der Waals surface area (Å²) in [6.07, 6.45) is 2.69. The van der Waals surface area contributed by atoms with E-state index >= 15 is 0 Å². The lowest BCUT2D eigenvalue weighted by Gasteiger charge is -2.10. The van der Waals surface area contributed by atoms with Crippen molar-refractivity contribution in [1.82, 2.24) is 9.97 Å². The molecule has 2 N–H and O–H groups in total. The van der Waals surface area contributed by atoms with Crippen molar-refractivity contribution in [3.8, 4) is 11.1 Å². The molecule has 0 spiro atoms. The van der Waals surface area contributed by atoms with Gasteiger partial charge >= 0.3 is 0 Å². The van der Waals surface area contributed by atoms with Crippen molar-refractivity contribution in [3.05, 3.63) is 71.4 Å². The largest absolute Gasteiger partial charge is 0.365 e. The zero-order chi connectivity index (χ0) is 20.4. The number of aromatic nitrogens is 2. The van der Waals surface area contributed by atoms with Gasteiger partial charge in [0.25, 0.3) is 0 Å². The maximum absolute atomic E-state index is 11.5. The highest BCUT2D eigenvalue weighted by molar-refractivity contribution is 7.92. The fourth-order valence-electron chi connectivity index (χ4n) is 3.10. The van der Waals surface area contributed by atoms with Gasteiger partial charge in [-0.05, 0) is 30.2 Å². The second kappa shape index (κ2) is 7.81. The number of fused-ring (bicyclic) bond motifs is 1. The second-order valence-electron chi connectivity index (χ2n) is 6.85. The summed E-state index contributed by atoms with van der Waals surface area (Å²) in [6, 6.07) is 15.7. The minimum Gasteiger partial charge on any atom is -0.365 e. The molecular formula is C21H20N4O2S2. The average Bonchev–Trinajstić information content (AvgIpc) is 3.11. The number of sulfonamides is 1. The van der Waals surface area contributed by atoms with E-state index in [4.69, 9.17) is 0 Å². The molecule has 4 aromatic rings. The topological polar surface area (TPSA) is 84.0 Å². The third-order valence-corrected chi connectivity index (χ3v) is 5.92. The van der Waals surface area contributed by atoms with E-state index in [-0.39, 0.29) is 0 Å². The van der Waals surface area contributed by atoms with E-state index in [1.807, 2.05) is 12.1 Å². The van der Waals surface area contributed by atoms with E-state index in [2.05, 4.69) is 56.6 Å². The zero-order valence-electron chi connectivity index (χ0n) is 16.0. The molecule has 4 rings (SSSR count). The predicted molar refractivity (Wildman–Crippen MR) is 120 cm³/mol. The number of hydrogen-bond acceptors (Lipinski definition) is 6. The Morgan fingerprint density at radius 3 is 2.62 bits per heavy atom. The highest BCUT2D eigenvalue weighted by Gasteiger charge is 2.13. The zero-order valence-corrected chi connectivity index (χ0v) is 17.6. The van der Waals surface area contributed by atoms with Gasteiger partial charge in [0.15, 0.2) is 0 Å². The summed E-state index contributed by atoms with van der Waals surface area (Å²) in [6.45, 7) is 2.58. The van der Waals surface area contributed by atoms with Crippen molar-refractivity contribution in [1.29, 1.82) is 0 Å². The van der Waals surface area contributed by atoms with Gasteiger partial charge < -0.3 is 5.32 Å². The van der Waals surface area contributed by atoms with Gasteiger partial charge in [0.05, 0.1) is 11.6 Å². The second-order valence-corrected chi connectivity index (χ2v) is 9.45. The molecular weight excluding hydrogens is 404 g/mol. The predicted octanol–water partition coefficient (Wildman–Crippen LogP) is 4.65. The minimum atomic E-state index is -3.31. The first kappa shape index (κ1) is 19.4. The molecule has 0 bridgehead atoms. The lowest BCUT2D eigenvalue weighted by atomic mass is 10.0. The van der Waals surface area contributed by atoms with Crippen molar-refractivity contribution in [2.24, 2.45) is 0 Å². The van der Waals surface area contributed by atoms with E-state index < -0.39 is 10.0 Å². The molecule has 0 aliphatic rings. The van der Waals surface area contributed by atoms with Gasteiger partial charge in [-0.15, -0.1) is 11.3 Å². The normalized spacial score (nSPS) is 11.5. The van der Waals surface area contributed by atoms with Gasteiger partial charge in [0.1, 0.15) is 17.0 Å². The van der Waals surface area contributed by atoms with Crippen LogP contribution >= 0.6 is 11.3 Å². The van der Waals surface area contributed by atoms with Crippen molar-refractivity contribution in [2.75, 3.05) is 16.3 Å². The Morgan fingerprint density at radius 1 is 1.07 bits per heavy atom. The molecule has 29 heavy (non-hydrogen) atoms. The van der Waals surface area contributed by atoms with Crippen LogP contribution in [0.5, 0.6) is 0 Å². The molecule has 6 nitrogen and oxygen atoms in total. The Hall–Kier alpha value is -2.97. The number of nitrogens with one attached hydrogen (secondary N) is 2. The lowest BCUT2D eigenvalue weighted by molar-refractivity contribution is 0.607. The van der Waals surface area contributed by atoms with E-state index in [0.717, 1.165) is 39.0 Å². The van der Waals surface area contributed by atoms with Gasteiger partial charge in [-0.2, -0.15) is 0 Å². The monoisotopic (exact) mass is 424 g/mol. The summed E-state index contributed by atoms with van der Waals surface area (Å²) in [5.74, 6) is 0.758. The van der Waals surface area contributed by atoms with Crippen molar-refractivity contribution < 1.29 is 8.42 Å². The highest BCUT2D eigenvalue weighted by Crippen LogP contribution is 2.36. The quantitative estimate of drug-likeness (QED) is 0.471. The third kappa shape index (κ3) is 4.55. The summed E-state index contributed by atoms with van der Waals surface area (Å²) in [7, 11) is -3.31. The molecule has 0 fully saturated rings. The lowest BCUT2D eigenvalue weighted by Crippen LogP contribution is -2.10. The molecule has 2 aromatic heterocycles. The van der Waals surface area contributed by atoms with Crippen LogP contribution < -0.4 is 10.0 Å². The Labute approximate surface area is 173 Å². The van der Waals surface area contributed by atoms with Crippen LogP contribution in [0.25, 0.3) is 21.3 Å². The van der Waals surface area contributed by atoms with E-state index in [1.165, 1.54) is 5.56 Å². The minimum absolute atomic E-state index is 0.509. The van der Waals surface area contributed by atoms with Gasteiger partial charge in [0, 0.05) is 23.2 Å². The molecule has 0 saturated heterocycles. The molecule has 0 radical (unpaired) electrons. The Kier molecular flexibility index (Phi) is 5.21. The summed E-state index contributed by atoms with van der Waals surface area (Å²) < 4.78 is 25.4. The summed E-state index contributed by atoms with van der Waals surface area (Å²) >= 11 is 1.59. The first-order chi connectivity index (χ1) is 13.9. The maximum Gasteiger partial charge on any atom is 0.229 e. The highest BCUT2D eigenvalue weighted by atomic mass is 32.2. The number of hydrogen-bond donors (Lipinski definition) is 2. The van der Waals surface area contributed by atoms with E-state index in [1.54, 1.807) is 29.8 Å². The van der Waals surface area contributed by atoms with Crippen LogP contribution in [0.3, 0.4) is 0 Å². The number of thiophene rings is 1. The molecule has 0 amide bonds. The molecule has 0 unspecified atom stereocenters. The molecule has 0 atom stereocenters. The van der Waals surface area contributed by atoms with E-state index in [9.17, 15) is 8.42 Å². The molecule has 0 saturated carbocycles. The van der Waals surface area contributed by atoms with Crippen LogP contribution in [0.15, 0.2) is 60.2 Å². The first-order valence-electron chi connectivity index (χ1n) is 8.99. The van der Waals surface area contributed by atoms with Crippen LogP contribution in [0, 0.1) is 6.92 Å². The van der Waals surface area contributed by atoms with Gasteiger partial charge in [-0.1, -0.05) is 42.0 Å². The number of nitrogens with zero attached hydrogens (tertiary/aromatic N) is 2. The molecule has 2 aromatic carbocycles. The van der Waals surface area contributed by atoms with E-state index in [0.29, 0.717) is 12.2 Å². The molecule has 0 aliphatic carbocycles. The van der Waals surface area contributed by atoms with Crippen LogP contribution in [-0.4, -0.2) is 24.6 Å². The summed E-state index contributed by atoms with van der Waals surface area (Å²) in [4.78, 5) is 9.78. The van der Waals surface area contributed by atoms with Crippen LogP contribution in [0.2, 0.25) is 0 Å². The van der Waals surface area contributed by atoms with Crippen molar-refractivity contribution in [3.63, 3.8) is 0 Å². The van der Waals surface area contributed by atoms with Gasteiger partial charge in [-0.3, -0.25) is 4.72 Å². The number of benzene rings is 2. The molecule has 8 heteroatoms. The van der Waals surface area contributed by atoms with Crippen molar-refractivity contribution in [2.45, 2.75) is 13.5 Å². The molecule has 2 heterocycles. The molecule has 0 aliphatic heterocycles. The Balaban J connectivity index is 1.63. The fourth-order valence-corrected chi connectivity index (χ4v) is 4.57. The van der Waals surface area contributed by atoms with Crippen LogP contribution in [0.4, 0.5) is 11.5 Å². The fraction of sp³-hybridized carbons (Fsp3) is 0.143. The SMILES string of the molecule is Cc1ccc(-c2csc3ncnc(NCc4cccc(NS(C)(=O)=O)c4)c23)cc1. The van der Waals surface area contributed by atoms with Crippen molar-refractivity contribution >= 4 is 43.1 Å². The number of rotatable bonds is 6. The summed E-state index contributed by atoms with van der Waals surface area (Å²) in [5, 5.41) is 6.48. The number of aryl methyl sites for hydroxylation is 1. The Morgan fingerprint density at radius 2 is 1.86 bits per heavy atom. The average molecular weight is 425 g/mol. The summed E-state index contributed by atoms with van der Waals surface area (Å²) in [5.41, 5.74) is 4.91.